The number of nitrogens with one attached hydrogen (secondary N) is 3. The Labute approximate surface area is 242 Å². The number of aliphatic hydroxyl groups is 1. The Morgan fingerprint density at radius 3 is 2.67 bits per heavy atom. The van der Waals surface area contributed by atoms with Crippen LogP contribution in [0.4, 0.5) is 10.1 Å². The summed E-state index contributed by atoms with van der Waals surface area (Å²) in [6, 6.07) is 4.18. The van der Waals surface area contributed by atoms with E-state index >= 15 is 4.39 Å². The molecule has 1 aromatic carbocycles. The van der Waals surface area contributed by atoms with E-state index in [0.29, 0.717) is 47.3 Å². The number of benzene rings is 1. The molecular weight excluding hydrogens is 618 g/mol. The molecule has 1 heterocycles. The molecule has 0 radical (unpaired) electrons. The molecular formula is C28H38FIN4O5. The number of piperidine rings is 1. The predicted octanol–water partition coefficient (Wildman–Crippen LogP) is 3.54. The normalized spacial score (nSPS) is 23.3. The van der Waals surface area contributed by atoms with Crippen LogP contribution in [0.5, 0.6) is 5.75 Å². The number of halogens is 2. The number of amides is 1. The van der Waals surface area contributed by atoms with Crippen molar-refractivity contribution in [3.8, 4) is 5.75 Å². The van der Waals surface area contributed by atoms with Crippen molar-refractivity contribution in [1.29, 1.82) is 0 Å². The van der Waals surface area contributed by atoms with Gasteiger partial charge in [0.25, 0.3) is 5.91 Å². The van der Waals surface area contributed by atoms with Crippen LogP contribution >= 0.6 is 22.6 Å². The van der Waals surface area contributed by atoms with E-state index in [4.69, 9.17) is 14.2 Å². The Kier molecular flexibility index (Phi) is 11.1. The summed E-state index contributed by atoms with van der Waals surface area (Å²) in [6.45, 7) is 3.24. The van der Waals surface area contributed by atoms with Gasteiger partial charge in [-0.1, -0.05) is 22.6 Å². The van der Waals surface area contributed by atoms with Crippen LogP contribution in [0.15, 0.2) is 46.4 Å². The molecule has 4 rings (SSSR count). The fraction of sp³-hybridized carbons (Fsp3) is 0.571. The largest absolute Gasteiger partial charge is 0.495 e. The van der Waals surface area contributed by atoms with Crippen molar-refractivity contribution < 1.29 is 28.5 Å². The van der Waals surface area contributed by atoms with Crippen LogP contribution in [-0.4, -0.2) is 73.9 Å². The van der Waals surface area contributed by atoms with Crippen molar-refractivity contribution in [2.45, 2.75) is 44.4 Å². The highest BCUT2D eigenvalue weighted by Crippen LogP contribution is 2.32. The number of aliphatic hydroxyl groups excluding tert-OH is 1. The minimum Gasteiger partial charge on any atom is -0.495 e. The molecule has 2 aliphatic carbocycles. The van der Waals surface area contributed by atoms with Crippen molar-refractivity contribution in [3.63, 3.8) is 0 Å². The maximum absolute atomic E-state index is 15.0. The molecule has 2 fully saturated rings. The second-order valence-electron chi connectivity index (χ2n) is 10.1. The lowest BCUT2D eigenvalue weighted by Crippen LogP contribution is -2.41. The minimum absolute atomic E-state index is 0.0286. The van der Waals surface area contributed by atoms with Gasteiger partial charge in [-0.05, 0) is 62.7 Å². The zero-order valence-electron chi connectivity index (χ0n) is 22.5. The molecule has 3 aliphatic rings. The monoisotopic (exact) mass is 656 g/mol. The maximum Gasteiger partial charge on any atom is 0.268 e. The van der Waals surface area contributed by atoms with E-state index in [-0.39, 0.29) is 17.5 Å². The summed E-state index contributed by atoms with van der Waals surface area (Å²) >= 11 is 2.18. The predicted molar refractivity (Wildman–Crippen MR) is 157 cm³/mol. The summed E-state index contributed by atoms with van der Waals surface area (Å²) in [6.07, 6.45) is 5.11. The van der Waals surface area contributed by atoms with Gasteiger partial charge in [0.15, 0.2) is 17.8 Å². The van der Waals surface area contributed by atoms with Crippen LogP contribution in [0.1, 0.15) is 32.1 Å². The second kappa shape index (κ2) is 14.5. The molecule has 0 bridgehead atoms. The molecule has 1 amide bonds. The van der Waals surface area contributed by atoms with Crippen molar-refractivity contribution >= 4 is 39.9 Å². The molecule has 1 aliphatic heterocycles. The van der Waals surface area contributed by atoms with Gasteiger partial charge in [0.05, 0.1) is 16.7 Å². The first kappa shape index (κ1) is 29.9. The number of anilines is 1. The number of allylic oxidation sites excluding steroid dienone is 2. The average Bonchev–Trinajstić information content (AvgIpc) is 3.79. The Bertz CT molecular complexity index is 1100. The number of carbonyl (C=O) groups is 1. The zero-order chi connectivity index (χ0) is 27.8. The lowest BCUT2D eigenvalue weighted by Gasteiger charge is -2.29. The third-order valence-corrected chi connectivity index (χ3v) is 7.89. The topological polar surface area (TPSA) is 113 Å². The van der Waals surface area contributed by atoms with Gasteiger partial charge in [0, 0.05) is 50.5 Å². The van der Waals surface area contributed by atoms with E-state index in [1.165, 1.54) is 12.1 Å². The van der Waals surface area contributed by atoms with Crippen LogP contribution in [0.3, 0.4) is 0 Å². The van der Waals surface area contributed by atoms with Crippen molar-refractivity contribution in [3.05, 3.63) is 47.2 Å². The van der Waals surface area contributed by atoms with Crippen LogP contribution in [-0.2, 0) is 14.3 Å². The van der Waals surface area contributed by atoms with Gasteiger partial charge in [-0.3, -0.25) is 15.1 Å². The number of rotatable bonds is 12. The summed E-state index contributed by atoms with van der Waals surface area (Å²) < 4.78 is 33.5. The van der Waals surface area contributed by atoms with Gasteiger partial charge in [0.2, 0.25) is 0 Å². The Morgan fingerprint density at radius 2 is 2.03 bits per heavy atom. The summed E-state index contributed by atoms with van der Waals surface area (Å²) in [7, 11) is 3.36. The highest BCUT2D eigenvalue weighted by molar-refractivity contribution is 14.1. The number of hydrogen-bond acceptors (Lipinski definition) is 8. The molecule has 39 heavy (non-hydrogen) atoms. The first-order valence-corrected chi connectivity index (χ1v) is 15.0. The Balaban J connectivity index is 1.43. The maximum atomic E-state index is 15.0. The van der Waals surface area contributed by atoms with Gasteiger partial charge in [-0.15, -0.1) is 0 Å². The number of carbonyl (C=O) groups excluding carboxylic acids is 1. The van der Waals surface area contributed by atoms with Crippen LogP contribution in [0, 0.1) is 17.7 Å². The Morgan fingerprint density at radius 1 is 1.26 bits per heavy atom. The van der Waals surface area contributed by atoms with E-state index in [1.54, 1.807) is 20.2 Å². The highest BCUT2D eigenvalue weighted by Gasteiger charge is 2.29. The third-order valence-electron chi connectivity index (χ3n) is 7.20. The summed E-state index contributed by atoms with van der Waals surface area (Å²) in [5.74, 6) is 1.09. The summed E-state index contributed by atoms with van der Waals surface area (Å²) in [5.41, 5.74) is 1.77. The molecule has 11 heteroatoms. The standard InChI is InChI=1S/C28H38FIN4O5/c1-31-22-13-25(38-16-18-7-9-32-10-8-18)24(37-2)12-20(22)26(14-30)39-23-6-5-19(11-21(23)29)34-28(36)27(35)33-15-17-3-4-17/h5-6,11,13,17-18,24,27,32-33,35H,3-4,7-10,12,14-16H2,1-2H3,(H,34,36)/b26-20+,31-22?. The molecule has 214 valence electrons. The summed E-state index contributed by atoms with van der Waals surface area (Å²) in [4.78, 5) is 16.7. The fourth-order valence-electron chi connectivity index (χ4n) is 4.63. The van der Waals surface area contributed by atoms with Gasteiger partial charge in [-0.25, -0.2) is 4.39 Å². The molecule has 1 saturated carbocycles. The quantitative estimate of drug-likeness (QED) is 0.118. The summed E-state index contributed by atoms with van der Waals surface area (Å²) in [5, 5.41) is 18.7. The zero-order valence-corrected chi connectivity index (χ0v) is 24.6. The Hall–Kier alpha value is -2.06. The number of methoxy groups -OCH3 is 1. The molecule has 2 unspecified atom stereocenters. The lowest BCUT2D eigenvalue weighted by molar-refractivity contribution is -0.125. The average molecular weight is 657 g/mol. The number of ether oxygens (including phenoxy) is 3. The molecule has 0 spiro atoms. The smallest absolute Gasteiger partial charge is 0.268 e. The van der Waals surface area contributed by atoms with E-state index in [0.717, 1.165) is 50.1 Å². The van der Waals surface area contributed by atoms with E-state index in [2.05, 4.69) is 43.5 Å². The van der Waals surface area contributed by atoms with E-state index in [1.807, 2.05) is 6.08 Å². The molecule has 4 N–H and O–H groups in total. The highest BCUT2D eigenvalue weighted by atomic mass is 127. The molecule has 1 saturated heterocycles. The van der Waals surface area contributed by atoms with Gasteiger partial charge in [0.1, 0.15) is 17.6 Å². The number of aliphatic imine (C=N–C) groups is 1. The number of nitrogens with zero attached hydrogens (tertiary/aromatic N) is 1. The minimum atomic E-state index is -1.35. The van der Waals surface area contributed by atoms with Crippen molar-refractivity contribution in [2.75, 3.05) is 50.1 Å². The third kappa shape index (κ3) is 8.46. The van der Waals surface area contributed by atoms with Crippen LogP contribution in [0.25, 0.3) is 0 Å². The second-order valence-corrected chi connectivity index (χ2v) is 10.9. The molecule has 9 nitrogen and oxygen atoms in total. The molecule has 1 aromatic rings. The van der Waals surface area contributed by atoms with Gasteiger partial charge in [-0.2, -0.15) is 0 Å². The molecule has 2 atom stereocenters. The van der Waals surface area contributed by atoms with E-state index < -0.39 is 18.0 Å². The number of hydrogen-bond donors (Lipinski definition) is 4. The van der Waals surface area contributed by atoms with Gasteiger partial charge >= 0.3 is 0 Å². The van der Waals surface area contributed by atoms with E-state index in [9.17, 15) is 9.90 Å². The first-order chi connectivity index (χ1) is 18.9. The van der Waals surface area contributed by atoms with Crippen LogP contribution < -0.4 is 20.7 Å². The van der Waals surface area contributed by atoms with Crippen LogP contribution in [0.2, 0.25) is 0 Å². The lowest BCUT2D eigenvalue weighted by atomic mass is 9.93. The molecule has 0 aromatic heterocycles. The van der Waals surface area contributed by atoms with Crippen molar-refractivity contribution in [2.24, 2.45) is 16.8 Å². The van der Waals surface area contributed by atoms with Crippen molar-refractivity contribution in [1.82, 2.24) is 10.6 Å². The van der Waals surface area contributed by atoms with Gasteiger partial charge < -0.3 is 30.0 Å². The first-order valence-electron chi connectivity index (χ1n) is 13.4. The SMILES string of the molecule is CN=C1C=C(OCC2CCNCC2)C(OC)C/C1=C(/CI)Oc1ccc(NC(=O)C(O)NCC2CC2)cc1F. The fourth-order valence-corrected chi connectivity index (χ4v) is 5.24. The number of alkyl halides is 1.